The molecule has 0 spiro atoms. The third-order valence-corrected chi connectivity index (χ3v) is 5.96. The van der Waals surface area contributed by atoms with Crippen molar-refractivity contribution in [1.29, 1.82) is 0 Å². The molecule has 1 saturated heterocycles. The van der Waals surface area contributed by atoms with E-state index in [0.717, 1.165) is 57.1 Å². The van der Waals surface area contributed by atoms with Crippen molar-refractivity contribution in [2.75, 3.05) is 37.7 Å². The SMILES string of the molecule is CCCOc1ccccc1N1CCN(Cc2cccc(Cn3c(O)c[nH]c3=S)c2)CC1. The second-order valence-corrected chi connectivity index (χ2v) is 8.32. The molecule has 0 amide bonds. The van der Waals surface area contributed by atoms with E-state index in [2.05, 4.69) is 64.2 Å². The van der Waals surface area contributed by atoms with Crippen LogP contribution >= 0.6 is 12.2 Å². The zero-order valence-corrected chi connectivity index (χ0v) is 18.8. The van der Waals surface area contributed by atoms with Gasteiger partial charge in [0.25, 0.3) is 0 Å². The number of nitrogens with one attached hydrogen (secondary N) is 1. The molecule has 1 aliphatic rings. The standard InChI is InChI=1S/C24H30N4O2S/c1-2-14-30-22-9-4-3-8-21(22)27-12-10-26(11-13-27)17-19-6-5-7-20(15-19)18-28-23(29)16-25-24(28)31/h3-9,15-16,29H,2,10-14,17-18H2,1H3,(H,25,31). The number of hydrogen-bond acceptors (Lipinski definition) is 5. The molecule has 2 heterocycles. The number of aromatic amines is 1. The smallest absolute Gasteiger partial charge is 0.210 e. The summed E-state index contributed by atoms with van der Waals surface area (Å²) in [6.07, 6.45) is 2.54. The molecular formula is C24H30N4O2S. The van der Waals surface area contributed by atoms with Gasteiger partial charge in [0.1, 0.15) is 5.75 Å². The summed E-state index contributed by atoms with van der Waals surface area (Å²) in [7, 11) is 0. The van der Waals surface area contributed by atoms with Gasteiger partial charge in [-0.1, -0.05) is 43.3 Å². The van der Waals surface area contributed by atoms with Crippen LogP contribution in [0, 0.1) is 4.77 Å². The Labute approximate surface area is 188 Å². The second kappa shape index (κ2) is 10.0. The lowest BCUT2D eigenvalue weighted by molar-refractivity contribution is 0.248. The molecule has 164 valence electrons. The zero-order valence-electron chi connectivity index (χ0n) is 18.0. The molecule has 31 heavy (non-hydrogen) atoms. The second-order valence-electron chi connectivity index (χ2n) is 7.94. The summed E-state index contributed by atoms with van der Waals surface area (Å²) < 4.78 is 8.18. The summed E-state index contributed by atoms with van der Waals surface area (Å²) in [6.45, 7) is 8.35. The number of anilines is 1. The van der Waals surface area contributed by atoms with Gasteiger partial charge < -0.3 is 19.7 Å². The number of rotatable bonds is 8. The molecule has 0 bridgehead atoms. The number of piperazine rings is 1. The molecular weight excluding hydrogens is 408 g/mol. The van der Waals surface area contributed by atoms with E-state index in [0.29, 0.717) is 11.3 Å². The number of hydrogen-bond donors (Lipinski definition) is 2. The van der Waals surface area contributed by atoms with Crippen molar-refractivity contribution in [2.24, 2.45) is 0 Å². The number of benzene rings is 2. The maximum Gasteiger partial charge on any atom is 0.210 e. The molecule has 4 rings (SSSR count). The highest BCUT2D eigenvalue weighted by molar-refractivity contribution is 7.71. The van der Waals surface area contributed by atoms with Crippen LogP contribution in [-0.2, 0) is 13.1 Å². The lowest BCUT2D eigenvalue weighted by atomic mass is 10.1. The van der Waals surface area contributed by atoms with Gasteiger partial charge in [-0.25, -0.2) is 0 Å². The van der Waals surface area contributed by atoms with Crippen molar-refractivity contribution < 1.29 is 9.84 Å². The molecule has 0 aliphatic carbocycles. The Balaban J connectivity index is 1.36. The Morgan fingerprint density at radius 3 is 2.45 bits per heavy atom. The van der Waals surface area contributed by atoms with Crippen LogP contribution < -0.4 is 9.64 Å². The van der Waals surface area contributed by atoms with E-state index in [1.54, 1.807) is 4.57 Å². The van der Waals surface area contributed by atoms with Gasteiger partial charge in [0.05, 0.1) is 25.0 Å². The van der Waals surface area contributed by atoms with Crippen molar-refractivity contribution in [3.05, 3.63) is 70.6 Å². The number of H-pyrrole nitrogens is 1. The highest BCUT2D eigenvalue weighted by atomic mass is 32.1. The number of aromatic nitrogens is 2. The van der Waals surface area contributed by atoms with Gasteiger partial charge in [0.15, 0.2) is 4.77 Å². The molecule has 0 radical (unpaired) electrons. The predicted octanol–water partition coefficient (Wildman–Crippen LogP) is 4.41. The third-order valence-electron chi connectivity index (χ3n) is 5.62. The average molecular weight is 439 g/mol. The molecule has 1 fully saturated rings. The van der Waals surface area contributed by atoms with Crippen LogP contribution in [0.15, 0.2) is 54.7 Å². The van der Waals surface area contributed by atoms with Gasteiger partial charge in [-0.05, 0) is 41.9 Å². The van der Waals surface area contributed by atoms with Gasteiger partial charge in [0.2, 0.25) is 5.88 Å². The molecule has 1 aromatic heterocycles. The van der Waals surface area contributed by atoms with Crippen molar-refractivity contribution in [1.82, 2.24) is 14.5 Å². The van der Waals surface area contributed by atoms with E-state index >= 15 is 0 Å². The molecule has 0 atom stereocenters. The lowest BCUT2D eigenvalue weighted by Gasteiger charge is -2.36. The third kappa shape index (κ3) is 5.29. The number of ether oxygens (including phenoxy) is 1. The summed E-state index contributed by atoms with van der Waals surface area (Å²) >= 11 is 5.25. The van der Waals surface area contributed by atoms with Gasteiger partial charge in [-0.15, -0.1) is 0 Å². The number of aromatic hydroxyl groups is 1. The van der Waals surface area contributed by atoms with E-state index in [-0.39, 0.29) is 5.88 Å². The van der Waals surface area contributed by atoms with Crippen LogP contribution in [0.4, 0.5) is 5.69 Å². The predicted molar refractivity (Wildman–Crippen MR) is 127 cm³/mol. The minimum absolute atomic E-state index is 0.162. The lowest BCUT2D eigenvalue weighted by Crippen LogP contribution is -2.46. The fourth-order valence-electron chi connectivity index (χ4n) is 4.01. The maximum atomic E-state index is 9.95. The fourth-order valence-corrected chi connectivity index (χ4v) is 4.22. The van der Waals surface area contributed by atoms with Gasteiger partial charge >= 0.3 is 0 Å². The zero-order chi connectivity index (χ0) is 21.6. The maximum absolute atomic E-state index is 9.95. The highest BCUT2D eigenvalue weighted by Gasteiger charge is 2.20. The largest absolute Gasteiger partial charge is 0.493 e. The van der Waals surface area contributed by atoms with E-state index < -0.39 is 0 Å². The molecule has 0 saturated carbocycles. The number of nitrogens with zero attached hydrogens (tertiary/aromatic N) is 3. The summed E-state index contributed by atoms with van der Waals surface area (Å²) in [4.78, 5) is 7.79. The number of imidazole rings is 1. The van der Waals surface area contributed by atoms with E-state index in [4.69, 9.17) is 17.0 Å². The molecule has 2 aromatic carbocycles. The molecule has 1 aliphatic heterocycles. The van der Waals surface area contributed by atoms with E-state index in [1.807, 2.05) is 6.07 Å². The first-order chi connectivity index (χ1) is 15.1. The van der Waals surface area contributed by atoms with Crippen LogP contribution in [0.2, 0.25) is 0 Å². The van der Waals surface area contributed by atoms with Crippen LogP contribution in [0.5, 0.6) is 11.6 Å². The van der Waals surface area contributed by atoms with E-state index in [9.17, 15) is 5.11 Å². The quantitative estimate of drug-likeness (QED) is 0.510. The minimum atomic E-state index is 0.162. The monoisotopic (exact) mass is 438 g/mol. The average Bonchev–Trinajstić information content (AvgIpc) is 3.11. The van der Waals surface area contributed by atoms with Gasteiger partial charge in [-0.2, -0.15) is 0 Å². The molecule has 2 N–H and O–H groups in total. The van der Waals surface area contributed by atoms with Crippen molar-refractivity contribution in [3.8, 4) is 11.6 Å². The topological polar surface area (TPSA) is 56.7 Å². The molecule has 7 heteroatoms. The van der Waals surface area contributed by atoms with E-state index in [1.165, 1.54) is 17.4 Å². The first-order valence-electron chi connectivity index (χ1n) is 10.9. The van der Waals surface area contributed by atoms with Crippen LogP contribution in [0.3, 0.4) is 0 Å². The highest BCUT2D eigenvalue weighted by Crippen LogP contribution is 2.29. The van der Waals surface area contributed by atoms with Crippen LogP contribution in [0.25, 0.3) is 0 Å². The normalized spacial score (nSPS) is 14.7. The minimum Gasteiger partial charge on any atom is -0.493 e. The number of para-hydroxylation sites is 2. The van der Waals surface area contributed by atoms with Gasteiger partial charge in [0, 0.05) is 32.7 Å². The summed E-state index contributed by atoms with van der Waals surface area (Å²) in [6, 6.07) is 16.9. The Bertz CT molecular complexity index is 1050. The summed E-state index contributed by atoms with van der Waals surface area (Å²) in [5.41, 5.74) is 3.60. The van der Waals surface area contributed by atoms with Crippen molar-refractivity contribution in [3.63, 3.8) is 0 Å². The Hall–Kier alpha value is -2.77. The summed E-state index contributed by atoms with van der Waals surface area (Å²) in [5.74, 6) is 1.15. The summed E-state index contributed by atoms with van der Waals surface area (Å²) in [5, 5.41) is 9.95. The van der Waals surface area contributed by atoms with Crippen molar-refractivity contribution >= 4 is 17.9 Å². The van der Waals surface area contributed by atoms with Crippen molar-refractivity contribution in [2.45, 2.75) is 26.4 Å². The molecule has 0 unspecified atom stereocenters. The van der Waals surface area contributed by atoms with Crippen LogP contribution in [-0.4, -0.2) is 52.3 Å². The van der Waals surface area contributed by atoms with Gasteiger partial charge in [-0.3, -0.25) is 9.47 Å². The van der Waals surface area contributed by atoms with Crippen LogP contribution in [0.1, 0.15) is 24.5 Å². The Kier molecular flexibility index (Phi) is 6.94. The first kappa shape index (κ1) is 21.5. The fraction of sp³-hybridized carbons (Fsp3) is 0.375. The Morgan fingerprint density at radius 2 is 1.74 bits per heavy atom. The molecule has 6 nitrogen and oxygen atoms in total. The molecule has 3 aromatic rings. The Morgan fingerprint density at radius 1 is 1.00 bits per heavy atom. The first-order valence-corrected chi connectivity index (χ1v) is 11.3.